The normalized spacial score (nSPS) is 35.7. The lowest BCUT2D eigenvalue weighted by molar-refractivity contribution is -0.136. The average molecular weight is 231 g/mol. The fourth-order valence-electron chi connectivity index (χ4n) is 3.35. The zero-order valence-corrected chi connectivity index (χ0v) is 9.84. The smallest absolute Gasteiger partial charge is 0.223 e. The van der Waals surface area contributed by atoms with Gasteiger partial charge in [-0.2, -0.15) is 0 Å². The molecule has 3 aliphatic heterocycles. The Morgan fingerprint density at radius 1 is 1.07 bits per heavy atom. The van der Waals surface area contributed by atoms with Crippen molar-refractivity contribution in [2.24, 2.45) is 0 Å². The Kier molecular flexibility index (Phi) is 3.21. The summed E-state index contributed by atoms with van der Waals surface area (Å²) in [4.78, 5) is 16.3. The van der Waals surface area contributed by atoms with Gasteiger partial charge in [-0.15, -0.1) is 12.4 Å². The van der Waals surface area contributed by atoms with E-state index in [1.165, 1.54) is 32.2 Å². The van der Waals surface area contributed by atoms with Crippen LogP contribution in [0.1, 0.15) is 38.5 Å². The molecule has 3 rings (SSSR count). The van der Waals surface area contributed by atoms with Crippen LogP contribution in [-0.2, 0) is 4.79 Å². The molecule has 2 unspecified atom stereocenters. The molecule has 4 heteroatoms. The van der Waals surface area contributed by atoms with Crippen LogP contribution >= 0.6 is 12.4 Å². The standard InChI is InChI=1S/C11H18N2O.ClH/c14-11-5-4-10-12-7-2-1-3-9(12)6-8-13(10)11;/h9-10H,1-8H2;1H. The van der Waals surface area contributed by atoms with Crippen LogP contribution in [-0.4, -0.2) is 41.0 Å². The third-order valence-electron chi connectivity index (χ3n) is 4.06. The van der Waals surface area contributed by atoms with Crippen LogP contribution in [0.2, 0.25) is 0 Å². The monoisotopic (exact) mass is 230 g/mol. The summed E-state index contributed by atoms with van der Waals surface area (Å²) in [5.41, 5.74) is 0. The fourth-order valence-corrected chi connectivity index (χ4v) is 3.35. The molecule has 0 spiro atoms. The number of hydrogen-bond acceptors (Lipinski definition) is 2. The minimum absolute atomic E-state index is 0. The van der Waals surface area contributed by atoms with Crippen LogP contribution in [0.4, 0.5) is 0 Å². The SMILES string of the molecule is Cl.O=C1CCC2N1CCC1CCCCN12. The zero-order valence-electron chi connectivity index (χ0n) is 9.02. The highest BCUT2D eigenvalue weighted by molar-refractivity contribution is 5.85. The van der Waals surface area contributed by atoms with E-state index in [2.05, 4.69) is 9.80 Å². The number of nitrogens with zero attached hydrogens (tertiary/aromatic N) is 2. The number of rotatable bonds is 0. The van der Waals surface area contributed by atoms with Gasteiger partial charge in [0.05, 0.1) is 6.17 Å². The molecule has 3 aliphatic rings. The van der Waals surface area contributed by atoms with E-state index in [0.717, 1.165) is 25.4 Å². The molecular formula is C11H19ClN2O. The first kappa shape index (κ1) is 11.2. The number of hydrogen-bond donors (Lipinski definition) is 0. The Balaban J connectivity index is 0.000000853. The van der Waals surface area contributed by atoms with E-state index >= 15 is 0 Å². The summed E-state index contributed by atoms with van der Waals surface area (Å²) >= 11 is 0. The third kappa shape index (κ3) is 1.76. The van der Waals surface area contributed by atoms with Crippen molar-refractivity contribution in [2.75, 3.05) is 13.1 Å². The molecule has 3 heterocycles. The van der Waals surface area contributed by atoms with Gasteiger partial charge in [0.15, 0.2) is 0 Å². The summed E-state index contributed by atoms with van der Waals surface area (Å²) in [5, 5.41) is 0. The molecule has 0 aromatic heterocycles. The van der Waals surface area contributed by atoms with E-state index in [0.29, 0.717) is 12.1 Å². The maximum atomic E-state index is 11.6. The second-order valence-corrected chi connectivity index (χ2v) is 4.78. The fraction of sp³-hybridized carbons (Fsp3) is 0.909. The Hall–Kier alpha value is -0.280. The van der Waals surface area contributed by atoms with Gasteiger partial charge < -0.3 is 4.90 Å². The van der Waals surface area contributed by atoms with Gasteiger partial charge in [-0.3, -0.25) is 9.69 Å². The quantitative estimate of drug-likeness (QED) is 0.632. The zero-order chi connectivity index (χ0) is 9.54. The van der Waals surface area contributed by atoms with Crippen molar-refractivity contribution in [3.05, 3.63) is 0 Å². The number of amides is 1. The summed E-state index contributed by atoms with van der Waals surface area (Å²) in [7, 11) is 0. The Bertz CT molecular complexity index is 259. The minimum Gasteiger partial charge on any atom is -0.327 e. The molecule has 2 atom stereocenters. The Labute approximate surface area is 97.2 Å². The molecule has 1 amide bonds. The van der Waals surface area contributed by atoms with Gasteiger partial charge in [0, 0.05) is 25.6 Å². The molecule has 3 nitrogen and oxygen atoms in total. The first-order chi connectivity index (χ1) is 6.86. The number of carbonyl (C=O) groups excluding carboxylic acids is 1. The lowest BCUT2D eigenvalue weighted by Gasteiger charge is -2.47. The van der Waals surface area contributed by atoms with Crippen molar-refractivity contribution < 1.29 is 4.79 Å². The lowest BCUT2D eigenvalue weighted by atomic mass is 9.96. The largest absolute Gasteiger partial charge is 0.327 e. The number of piperidine rings is 1. The molecule has 0 N–H and O–H groups in total. The van der Waals surface area contributed by atoms with Crippen LogP contribution in [0.15, 0.2) is 0 Å². The Morgan fingerprint density at radius 2 is 1.93 bits per heavy atom. The average Bonchev–Trinajstić information content (AvgIpc) is 2.61. The van der Waals surface area contributed by atoms with E-state index in [-0.39, 0.29) is 12.4 Å². The van der Waals surface area contributed by atoms with Crippen molar-refractivity contribution in [1.82, 2.24) is 9.80 Å². The number of carbonyl (C=O) groups is 1. The topological polar surface area (TPSA) is 23.6 Å². The molecule has 0 radical (unpaired) electrons. The highest BCUT2D eigenvalue weighted by Gasteiger charge is 2.42. The molecule has 3 saturated heterocycles. The highest BCUT2D eigenvalue weighted by Crippen LogP contribution is 2.33. The van der Waals surface area contributed by atoms with Gasteiger partial charge in [0.25, 0.3) is 0 Å². The van der Waals surface area contributed by atoms with Gasteiger partial charge in [-0.1, -0.05) is 6.42 Å². The van der Waals surface area contributed by atoms with Crippen molar-refractivity contribution in [3.8, 4) is 0 Å². The van der Waals surface area contributed by atoms with Gasteiger partial charge in [0.2, 0.25) is 5.91 Å². The van der Waals surface area contributed by atoms with E-state index in [1.54, 1.807) is 0 Å². The second kappa shape index (κ2) is 4.30. The van der Waals surface area contributed by atoms with Crippen LogP contribution in [0.3, 0.4) is 0 Å². The predicted molar refractivity (Wildman–Crippen MR) is 60.9 cm³/mol. The predicted octanol–water partition coefficient (Wildman–Crippen LogP) is 1.61. The number of halogens is 1. The van der Waals surface area contributed by atoms with Gasteiger partial charge in [-0.25, -0.2) is 0 Å². The summed E-state index contributed by atoms with van der Waals surface area (Å²) in [6, 6.07) is 0.788. The Morgan fingerprint density at radius 3 is 2.80 bits per heavy atom. The molecule has 15 heavy (non-hydrogen) atoms. The van der Waals surface area contributed by atoms with Crippen LogP contribution in [0.25, 0.3) is 0 Å². The molecular weight excluding hydrogens is 212 g/mol. The molecule has 0 saturated carbocycles. The van der Waals surface area contributed by atoms with Crippen molar-refractivity contribution in [1.29, 1.82) is 0 Å². The molecule has 0 bridgehead atoms. The highest BCUT2D eigenvalue weighted by atomic mass is 35.5. The summed E-state index contributed by atoms with van der Waals surface area (Å²) in [5.74, 6) is 0.388. The van der Waals surface area contributed by atoms with E-state index in [9.17, 15) is 4.79 Å². The van der Waals surface area contributed by atoms with E-state index < -0.39 is 0 Å². The van der Waals surface area contributed by atoms with E-state index in [4.69, 9.17) is 0 Å². The van der Waals surface area contributed by atoms with Crippen molar-refractivity contribution in [3.63, 3.8) is 0 Å². The summed E-state index contributed by atoms with van der Waals surface area (Å²) in [6.45, 7) is 2.24. The summed E-state index contributed by atoms with van der Waals surface area (Å²) in [6.07, 6.45) is 7.63. The first-order valence-electron chi connectivity index (χ1n) is 5.91. The minimum atomic E-state index is 0. The van der Waals surface area contributed by atoms with Crippen molar-refractivity contribution >= 4 is 18.3 Å². The lowest BCUT2D eigenvalue weighted by Crippen LogP contribution is -2.57. The molecule has 86 valence electrons. The first-order valence-corrected chi connectivity index (χ1v) is 5.91. The van der Waals surface area contributed by atoms with Crippen molar-refractivity contribution in [2.45, 2.75) is 50.7 Å². The second-order valence-electron chi connectivity index (χ2n) is 4.78. The van der Waals surface area contributed by atoms with Crippen LogP contribution in [0.5, 0.6) is 0 Å². The van der Waals surface area contributed by atoms with Gasteiger partial charge >= 0.3 is 0 Å². The third-order valence-corrected chi connectivity index (χ3v) is 4.06. The molecule has 0 aromatic carbocycles. The maximum absolute atomic E-state index is 11.6. The maximum Gasteiger partial charge on any atom is 0.223 e. The van der Waals surface area contributed by atoms with Gasteiger partial charge in [-0.05, 0) is 25.7 Å². The molecule has 0 aliphatic carbocycles. The number of fused-ring (bicyclic) bond motifs is 3. The van der Waals surface area contributed by atoms with E-state index in [1.807, 2.05) is 0 Å². The van der Waals surface area contributed by atoms with Crippen LogP contribution < -0.4 is 0 Å². The van der Waals surface area contributed by atoms with Crippen LogP contribution in [0, 0.1) is 0 Å². The molecule has 3 fully saturated rings. The summed E-state index contributed by atoms with van der Waals surface area (Å²) < 4.78 is 0. The molecule has 0 aromatic rings. The van der Waals surface area contributed by atoms with Gasteiger partial charge in [0.1, 0.15) is 0 Å².